The van der Waals surface area contributed by atoms with Crippen LogP contribution < -0.4 is 15.0 Å². The second-order valence-corrected chi connectivity index (χ2v) is 7.17. The standard InChI is InChI=1S/C21H18N2O3S/c1-2-23-17-7-3-4-8-19(17)26-18-10-9-14(12-16(18)21(23)25)22-20(24)13-15-6-5-11-27-15/h3-12H,2,13H2,1H3,(H,22,24). The molecule has 1 N–H and O–H groups in total. The van der Waals surface area contributed by atoms with Crippen LogP contribution in [0.4, 0.5) is 11.4 Å². The molecule has 0 saturated heterocycles. The summed E-state index contributed by atoms with van der Waals surface area (Å²) in [6, 6.07) is 16.5. The number of carbonyl (C=O) groups excluding carboxylic acids is 2. The van der Waals surface area contributed by atoms with Gasteiger partial charge in [-0.25, -0.2) is 0 Å². The van der Waals surface area contributed by atoms with Crippen molar-refractivity contribution in [1.29, 1.82) is 0 Å². The maximum atomic E-state index is 13.1. The minimum Gasteiger partial charge on any atom is -0.454 e. The van der Waals surface area contributed by atoms with Gasteiger partial charge in [-0.1, -0.05) is 18.2 Å². The summed E-state index contributed by atoms with van der Waals surface area (Å²) < 4.78 is 5.98. The normalized spacial score (nSPS) is 12.6. The smallest absolute Gasteiger partial charge is 0.262 e. The third kappa shape index (κ3) is 3.44. The van der Waals surface area contributed by atoms with E-state index in [0.717, 1.165) is 10.6 Å². The summed E-state index contributed by atoms with van der Waals surface area (Å²) in [5.74, 6) is 0.863. The second-order valence-electron chi connectivity index (χ2n) is 6.13. The van der Waals surface area contributed by atoms with E-state index in [1.165, 1.54) is 0 Å². The van der Waals surface area contributed by atoms with E-state index in [1.807, 2.05) is 48.7 Å². The summed E-state index contributed by atoms with van der Waals surface area (Å²) in [4.78, 5) is 28.0. The molecule has 2 heterocycles. The molecule has 0 radical (unpaired) electrons. The van der Waals surface area contributed by atoms with E-state index in [2.05, 4.69) is 5.32 Å². The Kier molecular flexibility index (Phi) is 4.64. The van der Waals surface area contributed by atoms with Crippen LogP contribution in [-0.4, -0.2) is 18.4 Å². The zero-order valence-electron chi connectivity index (χ0n) is 14.8. The maximum Gasteiger partial charge on any atom is 0.262 e. The lowest BCUT2D eigenvalue weighted by Crippen LogP contribution is -2.29. The van der Waals surface area contributed by atoms with Crippen LogP contribution in [-0.2, 0) is 11.2 Å². The first-order valence-electron chi connectivity index (χ1n) is 8.70. The van der Waals surface area contributed by atoms with Crippen molar-refractivity contribution in [3.63, 3.8) is 0 Å². The SMILES string of the molecule is CCN1C(=O)c2cc(NC(=O)Cc3cccs3)ccc2Oc2ccccc21. The van der Waals surface area contributed by atoms with Crippen LogP contribution in [0.2, 0.25) is 0 Å². The van der Waals surface area contributed by atoms with Crippen molar-refractivity contribution in [1.82, 2.24) is 0 Å². The molecule has 0 unspecified atom stereocenters. The van der Waals surface area contributed by atoms with E-state index in [9.17, 15) is 9.59 Å². The van der Waals surface area contributed by atoms with Crippen molar-refractivity contribution in [3.05, 3.63) is 70.4 Å². The van der Waals surface area contributed by atoms with Crippen LogP contribution in [0.15, 0.2) is 60.0 Å². The van der Waals surface area contributed by atoms with Gasteiger partial charge in [-0.2, -0.15) is 0 Å². The molecule has 4 rings (SSSR count). The van der Waals surface area contributed by atoms with Gasteiger partial charge in [0.15, 0.2) is 5.75 Å². The summed E-state index contributed by atoms with van der Waals surface area (Å²) in [5, 5.41) is 4.81. The van der Waals surface area contributed by atoms with E-state index in [-0.39, 0.29) is 11.8 Å². The fourth-order valence-electron chi connectivity index (χ4n) is 3.09. The van der Waals surface area contributed by atoms with E-state index < -0.39 is 0 Å². The van der Waals surface area contributed by atoms with Crippen LogP contribution in [0.25, 0.3) is 0 Å². The minimum absolute atomic E-state index is 0.116. The first-order chi connectivity index (χ1) is 13.2. The Morgan fingerprint density at radius 1 is 1.11 bits per heavy atom. The molecule has 27 heavy (non-hydrogen) atoms. The number of nitrogens with one attached hydrogen (secondary N) is 1. The second kappa shape index (κ2) is 7.25. The van der Waals surface area contributed by atoms with E-state index in [4.69, 9.17) is 4.74 Å². The molecule has 1 aromatic heterocycles. The Morgan fingerprint density at radius 3 is 2.74 bits per heavy atom. The monoisotopic (exact) mass is 378 g/mol. The number of amides is 2. The predicted octanol–water partition coefficient (Wildman–Crippen LogP) is 4.70. The van der Waals surface area contributed by atoms with Gasteiger partial charge in [0.1, 0.15) is 5.75 Å². The molecule has 3 aromatic rings. The maximum absolute atomic E-state index is 13.1. The Labute approximate surface area is 161 Å². The van der Waals surface area contributed by atoms with Gasteiger partial charge < -0.3 is 15.0 Å². The molecule has 2 amide bonds. The number of fused-ring (bicyclic) bond motifs is 2. The molecule has 5 nitrogen and oxygen atoms in total. The molecule has 136 valence electrons. The summed E-state index contributed by atoms with van der Waals surface area (Å²) in [6.07, 6.45) is 0.311. The molecular formula is C21H18N2O3S. The van der Waals surface area contributed by atoms with Crippen molar-refractivity contribution in [2.45, 2.75) is 13.3 Å². The molecule has 1 aliphatic heterocycles. The van der Waals surface area contributed by atoms with E-state index in [1.54, 1.807) is 34.4 Å². The van der Waals surface area contributed by atoms with Crippen molar-refractivity contribution < 1.29 is 14.3 Å². The number of thiophene rings is 1. The van der Waals surface area contributed by atoms with E-state index >= 15 is 0 Å². The zero-order chi connectivity index (χ0) is 18.8. The molecule has 1 aliphatic rings. The Bertz CT molecular complexity index is 998. The number of anilines is 2. The average molecular weight is 378 g/mol. The van der Waals surface area contributed by atoms with Crippen molar-refractivity contribution >= 4 is 34.5 Å². The number of carbonyl (C=O) groups is 2. The number of hydrogen-bond donors (Lipinski definition) is 1. The molecule has 0 atom stereocenters. The van der Waals surface area contributed by atoms with Gasteiger partial charge in [0.2, 0.25) is 5.91 Å². The number of rotatable bonds is 4. The molecule has 0 fully saturated rings. The summed E-state index contributed by atoms with van der Waals surface area (Å²) in [7, 11) is 0. The summed E-state index contributed by atoms with van der Waals surface area (Å²) in [6.45, 7) is 2.44. The fraction of sp³-hybridized carbons (Fsp3) is 0.143. The molecule has 0 saturated carbocycles. The summed E-state index contributed by atoms with van der Waals surface area (Å²) in [5.41, 5.74) is 1.75. The third-order valence-electron chi connectivity index (χ3n) is 4.35. The molecule has 0 spiro atoms. The van der Waals surface area contributed by atoms with Crippen LogP contribution in [0.1, 0.15) is 22.2 Å². The number of benzene rings is 2. The van der Waals surface area contributed by atoms with Gasteiger partial charge in [-0.3, -0.25) is 9.59 Å². The van der Waals surface area contributed by atoms with Gasteiger partial charge in [-0.05, 0) is 48.7 Å². The lowest BCUT2D eigenvalue weighted by atomic mass is 10.1. The average Bonchev–Trinajstić information content (AvgIpc) is 3.13. The Balaban J connectivity index is 1.63. The highest BCUT2D eigenvalue weighted by Crippen LogP contribution is 2.39. The first-order valence-corrected chi connectivity index (χ1v) is 9.58. The lowest BCUT2D eigenvalue weighted by molar-refractivity contribution is -0.115. The lowest BCUT2D eigenvalue weighted by Gasteiger charge is -2.19. The molecule has 0 aliphatic carbocycles. The molecule has 2 aromatic carbocycles. The largest absolute Gasteiger partial charge is 0.454 e. The quantitative estimate of drug-likeness (QED) is 0.716. The molecule has 0 bridgehead atoms. The number of ether oxygens (including phenoxy) is 1. The zero-order valence-corrected chi connectivity index (χ0v) is 15.6. The predicted molar refractivity (Wildman–Crippen MR) is 107 cm³/mol. The van der Waals surface area contributed by atoms with Gasteiger partial charge in [0.05, 0.1) is 17.7 Å². The number of para-hydroxylation sites is 2. The van der Waals surface area contributed by atoms with Crippen molar-refractivity contribution in [3.8, 4) is 11.5 Å². The van der Waals surface area contributed by atoms with Crippen molar-refractivity contribution in [2.75, 3.05) is 16.8 Å². The van der Waals surface area contributed by atoms with E-state index in [0.29, 0.717) is 35.7 Å². The number of hydrogen-bond acceptors (Lipinski definition) is 4. The van der Waals surface area contributed by atoms with Crippen LogP contribution in [0.3, 0.4) is 0 Å². The minimum atomic E-state index is -0.146. The van der Waals surface area contributed by atoms with Gasteiger partial charge >= 0.3 is 0 Å². The third-order valence-corrected chi connectivity index (χ3v) is 5.22. The van der Waals surface area contributed by atoms with Crippen molar-refractivity contribution in [2.24, 2.45) is 0 Å². The first kappa shape index (κ1) is 17.3. The van der Waals surface area contributed by atoms with Crippen LogP contribution in [0, 0.1) is 0 Å². The Morgan fingerprint density at radius 2 is 1.96 bits per heavy atom. The molecule has 6 heteroatoms. The topological polar surface area (TPSA) is 58.6 Å². The highest BCUT2D eigenvalue weighted by Gasteiger charge is 2.27. The highest BCUT2D eigenvalue weighted by molar-refractivity contribution is 7.10. The summed E-state index contributed by atoms with van der Waals surface area (Å²) >= 11 is 1.54. The Hall–Kier alpha value is -3.12. The number of nitrogens with zero attached hydrogens (tertiary/aromatic N) is 1. The van der Waals surface area contributed by atoms with Crippen LogP contribution >= 0.6 is 11.3 Å². The van der Waals surface area contributed by atoms with Gasteiger partial charge in [0.25, 0.3) is 5.91 Å². The van der Waals surface area contributed by atoms with Gasteiger partial charge in [-0.15, -0.1) is 11.3 Å². The van der Waals surface area contributed by atoms with Gasteiger partial charge in [0, 0.05) is 17.1 Å². The highest BCUT2D eigenvalue weighted by atomic mass is 32.1. The van der Waals surface area contributed by atoms with Crippen LogP contribution in [0.5, 0.6) is 11.5 Å². The molecular weight excluding hydrogens is 360 g/mol. The fourth-order valence-corrected chi connectivity index (χ4v) is 3.80.